The van der Waals surface area contributed by atoms with E-state index in [4.69, 9.17) is 9.47 Å². The van der Waals surface area contributed by atoms with E-state index < -0.39 is 17.5 Å². The normalized spacial score (nSPS) is 11.8. The largest absolute Gasteiger partial charge is 0.479 e. The third-order valence-electron chi connectivity index (χ3n) is 3.37. The average molecular weight is 394 g/mol. The minimum Gasteiger partial charge on any atom is -0.479 e. The summed E-state index contributed by atoms with van der Waals surface area (Å²) in [5.41, 5.74) is 0.187. The number of pyridine rings is 1. The summed E-state index contributed by atoms with van der Waals surface area (Å²) in [5.74, 6) is -0.984. The molecule has 0 radical (unpaired) electrons. The van der Waals surface area contributed by atoms with Gasteiger partial charge in [0.05, 0.1) is 11.1 Å². The summed E-state index contributed by atoms with van der Waals surface area (Å²) in [6.45, 7) is 10.6. The fourth-order valence-corrected chi connectivity index (χ4v) is 3.34. The van der Waals surface area contributed by atoms with Gasteiger partial charge in [-0.1, -0.05) is 13.8 Å². The number of fused-ring (bicyclic) bond motifs is 1. The van der Waals surface area contributed by atoms with Gasteiger partial charge in [0.25, 0.3) is 0 Å². The molecular formula is C19H26N2O5S. The zero-order valence-electron chi connectivity index (χ0n) is 16.3. The van der Waals surface area contributed by atoms with Crippen LogP contribution in [0.3, 0.4) is 0 Å². The lowest BCUT2D eigenvalue weighted by Gasteiger charge is -2.19. The highest BCUT2D eigenvalue weighted by Crippen LogP contribution is 2.37. The molecule has 0 fully saturated rings. The van der Waals surface area contributed by atoms with Crippen LogP contribution in [0.5, 0.6) is 5.75 Å². The van der Waals surface area contributed by atoms with Crippen molar-refractivity contribution >= 4 is 33.5 Å². The van der Waals surface area contributed by atoms with Crippen molar-refractivity contribution in [1.82, 2.24) is 10.3 Å². The Morgan fingerprint density at radius 1 is 1.30 bits per heavy atom. The van der Waals surface area contributed by atoms with Crippen LogP contribution in [0.1, 0.15) is 50.0 Å². The molecule has 0 aliphatic carbocycles. The zero-order valence-corrected chi connectivity index (χ0v) is 17.1. The number of aromatic nitrogens is 1. The van der Waals surface area contributed by atoms with Gasteiger partial charge in [-0.3, -0.25) is 0 Å². The summed E-state index contributed by atoms with van der Waals surface area (Å²) < 4.78 is 10.7. The number of rotatable bonds is 8. The van der Waals surface area contributed by atoms with Gasteiger partial charge in [-0.2, -0.15) is 0 Å². The Labute approximate surface area is 162 Å². The van der Waals surface area contributed by atoms with Crippen molar-refractivity contribution in [3.8, 4) is 5.75 Å². The first-order valence-corrected chi connectivity index (χ1v) is 9.59. The fraction of sp³-hybridized carbons (Fsp3) is 0.526. The zero-order chi connectivity index (χ0) is 20.2. The molecule has 27 heavy (non-hydrogen) atoms. The number of aromatic carboxylic acids is 1. The molecule has 2 N–H and O–H groups in total. The lowest BCUT2D eigenvalue weighted by Crippen LogP contribution is -2.27. The molecule has 0 aromatic carbocycles. The second kappa shape index (κ2) is 8.67. The van der Waals surface area contributed by atoms with Crippen LogP contribution in [0.15, 0.2) is 12.1 Å². The van der Waals surface area contributed by atoms with Crippen molar-refractivity contribution in [2.75, 3.05) is 13.2 Å². The maximum atomic E-state index is 11.9. The quantitative estimate of drug-likeness (QED) is 0.662. The van der Waals surface area contributed by atoms with Crippen LogP contribution in [0.2, 0.25) is 0 Å². The lowest BCUT2D eigenvalue weighted by atomic mass is 10.2. The minimum atomic E-state index is -1.11. The summed E-state index contributed by atoms with van der Waals surface area (Å²) in [4.78, 5) is 28.6. The molecule has 7 nitrogen and oxygen atoms in total. The first-order chi connectivity index (χ1) is 12.6. The number of thiophene rings is 1. The van der Waals surface area contributed by atoms with Crippen molar-refractivity contribution in [3.05, 3.63) is 22.7 Å². The number of hydrogen-bond donors (Lipinski definition) is 2. The van der Waals surface area contributed by atoms with E-state index in [9.17, 15) is 14.7 Å². The average Bonchev–Trinajstić information content (AvgIpc) is 2.89. The van der Waals surface area contributed by atoms with Crippen LogP contribution < -0.4 is 10.1 Å². The molecule has 0 saturated carbocycles. The van der Waals surface area contributed by atoms with Gasteiger partial charge in [0.2, 0.25) is 0 Å². The summed E-state index contributed by atoms with van der Waals surface area (Å²) in [6, 6.07) is 3.61. The molecule has 0 aliphatic heterocycles. The molecule has 0 saturated heterocycles. The second-order valence-corrected chi connectivity index (χ2v) is 8.62. The van der Waals surface area contributed by atoms with E-state index in [1.165, 1.54) is 0 Å². The van der Waals surface area contributed by atoms with Crippen LogP contribution in [0.4, 0.5) is 0 Å². The third-order valence-corrected chi connectivity index (χ3v) is 4.44. The second-order valence-electron chi connectivity index (χ2n) is 7.62. The van der Waals surface area contributed by atoms with Crippen LogP contribution >= 0.6 is 11.3 Å². The first-order valence-electron chi connectivity index (χ1n) is 8.78. The van der Waals surface area contributed by atoms with E-state index in [2.05, 4.69) is 24.1 Å². The number of esters is 1. The van der Waals surface area contributed by atoms with Gasteiger partial charge in [-0.05, 0) is 45.4 Å². The maximum absolute atomic E-state index is 11.9. The molecule has 0 atom stereocenters. The Morgan fingerprint density at radius 3 is 2.59 bits per heavy atom. The minimum absolute atomic E-state index is 0.0216. The van der Waals surface area contributed by atoms with Crippen molar-refractivity contribution in [2.45, 2.75) is 46.8 Å². The Morgan fingerprint density at radius 2 is 2.00 bits per heavy atom. The molecule has 0 aliphatic rings. The van der Waals surface area contributed by atoms with Crippen molar-refractivity contribution in [1.29, 1.82) is 0 Å². The number of nitrogens with zero attached hydrogens (tertiary/aromatic N) is 1. The van der Waals surface area contributed by atoms with Gasteiger partial charge < -0.3 is 19.9 Å². The summed E-state index contributed by atoms with van der Waals surface area (Å²) in [6.07, 6.45) is 0. The predicted molar refractivity (Wildman–Crippen MR) is 104 cm³/mol. The van der Waals surface area contributed by atoms with Gasteiger partial charge in [0.1, 0.15) is 10.4 Å². The maximum Gasteiger partial charge on any atom is 0.349 e. The Kier molecular flexibility index (Phi) is 6.78. The molecular weight excluding hydrogens is 368 g/mol. The van der Waals surface area contributed by atoms with E-state index in [1.807, 2.05) is 6.07 Å². The Bertz CT molecular complexity index is 823. The number of carbonyl (C=O) groups excluding carboxylic acids is 1. The number of carbonyl (C=O) groups is 2. The molecule has 0 unspecified atom stereocenters. The molecule has 2 aromatic heterocycles. The van der Waals surface area contributed by atoms with Gasteiger partial charge >= 0.3 is 11.9 Å². The highest BCUT2D eigenvalue weighted by molar-refractivity contribution is 7.20. The smallest absolute Gasteiger partial charge is 0.349 e. The van der Waals surface area contributed by atoms with Gasteiger partial charge in [-0.15, -0.1) is 11.3 Å². The molecule has 0 spiro atoms. The molecule has 0 amide bonds. The Balaban J connectivity index is 2.20. The van der Waals surface area contributed by atoms with E-state index in [1.54, 1.807) is 26.8 Å². The summed E-state index contributed by atoms with van der Waals surface area (Å²) in [5, 5.41) is 13.3. The van der Waals surface area contributed by atoms with Crippen molar-refractivity contribution in [3.63, 3.8) is 0 Å². The highest BCUT2D eigenvalue weighted by Gasteiger charge is 2.23. The Hall–Kier alpha value is -2.19. The lowest BCUT2D eigenvalue weighted by molar-refractivity contribution is -0.157. The van der Waals surface area contributed by atoms with Crippen LogP contribution in [0.25, 0.3) is 10.2 Å². The molecule has 2 heterocycles. The number of nitrogens with one attached hydrogen (secondary N) is 1. The predicted octanol–water partition coefficient (Wildman–Crippen LogP) is 3.46. The van der Waals surface area contributed by atoms with Crippen LogP contribution in [0, 0.1) is 5.92 Å². The van der Waals surface area contributed by atoms with E-state index in [0.29, 0.717) is 22.7 Å². The molecule has 8 heteroatoms. The van der Waals surface area contributed by atoms with E-state index in [-0.39, 0.29) is 17.2 Å². The van der Waals surface area contributed by atoms with Crippen LogP contribution in [-0.2, 0) is 16.1 Å². The standard InChI is InChI=1S/C19H26N2O5S/c1-11(2)8-20-9-12-6-7-13-15(16(18(23)24)27-17(13)21-12)25-10-14(22)26-19(3,4)5/h6-7,11,20H,8-10H2,1-5H3,(H,23,24). The topological polar surface area (TPSA) is 97.8 Å². The fourth-order valence-electron chi connectivity index (χ4n) is 2.37. The van der Waals surface area contributed by atoms with Crippen LogP contribution in [-0.4, -0.2) is 40.8 Å². The van der Waals surface area contributed by atoms with Gasteiger partial charge in [-0.25, -0.2) is 14.6 Å². The molecule has 2 rings (SSSR count). The van der Waals surface area contributed by atoms with Gasteiger partial charge in [0, 0.05) is 6.54 Å². The number of ether oxygens (including phenoxy) is 2. The highest BCUT2D eigenvalue weighted by atomic mass is 32.1. The monoisotopic (exact) mass is 394 g/mol. The van der Waals surface area contributed by atoms with E-state index >= 15 is 0 Å². The SMILES string of the molecule is CC(C)CNCc1ccc2c(OCC(=O)OC(C)(C)C)c(C(=O)O)sc2n1. The molecule has 0 bridgehead atoms. The van der Waals surface area contributed by atoms with Crippen molar-refractivity contribution < 1.29 is 24.2 Å². The van der Waals surface area contributed by atoms with Gasteiger partial charge in [0.15, 0.2) is 17.2 Å². The third kappa shape index (κ3) is 6.18. The molecule has 148 valence electrons. The molecule has 2 aromatic rings. The summed E-state index contributed by atoms with van der Waals surface area (Å²) in [7, 11) is 0. The number of hydrogen-bond acceptors (Lipinski definition) is 7. The first kappa shape index (κ1) is 21.1. The van der Waals surface area contributed by atoms with Crippen molar-refractivity contribution in [2.24, 2.45) is 5.92 Å². The number of carboxylic acid groups (broad SMARTS) is 1. The summed E-state index contributed by atoms with van der Waals surface area (Å²) >= 11 is 1.04. The number of carboxylic acids is 1. The van der Waals surface area contributed by atoms with E-state index in [0.717, 1.165) is 23.6 Å².